The molecule has 0 spiro atoms. The van der Waals surface area contributed by atoms with Gasteiger partial charge in [-0.05, 0) is 45.7 Å². The van der Waals surface area contributed by atoms with Crippen LogP contribution < -0.4 is 5.32 Å². The quantitative estimate of drug-likeness (QED) is 0.614. The maximum Gasteiger partial charge on any atom is 0.00763 e. The lowest BCUT2D eigenvalue weighted by Crippen LogP contribution is -2.34. The molecule has 0 radical (unpaired) electrons. The van der Waals surface area contributed by atoms with Crippen molar-refractivity contribution in [3.63, 3.8) is 0 Å². The maximum atomic E-state index is 3.49. The topological polar surface area (TPSA) is 15.3 Å². The molecule has 0 saturated carbocycles. The summed E-state index contributed by atoms with van der Waals surface area (Å²) in [7, 11) is 2.23. The first-order valence-corrected chi connectivity index (χ1v) is 7.37. The van der Waals surface area contributed by atoms with Crippen LogP contribution in [0.5, 0.6) is 0 Å². The number of hydrogen-bond donors (Lipinski definition) is 1. The van der Waals surface area contributed by atoms with Gasteiger partial charge in [-0.1, -0.05) is 13.8 Å². The highest BCUT2D eigenvalue weighted by atomic mass is 32.2. The van der Waals surface area contributed by atoms with Gasteiger partial charge in [-0.15, -0.1) is 0 Å². The third-order valence-corrected chi connectivity index (χ3v) is 3.28. The van der Waals surface area contributed by atoms with Crippen LogP contribution in [-0.2, 0) is 0 Å². The Kier molecular flexibility index (Phi) is 9.66. The lowest BCUT2D eigenvalue weighted by atomic mass is 10.2. The summed E-state index contributed by atoms with van der Waals surface area (Å²) >= 11 is 1.92. The van der Waals surface area contributed by atoms with E-state index in [2.05, 4.69) is 44.3 Å². The zero-order valence-corrected chi connectivity index (χ0v) is 11.9. The Balaban J connectivity index is 3.42. The fourth-order valence-electron chi connectivity index (χ4n) is 1.38. The van der Waals surface area contributed by atoms with Crippen molar-refractivity contribution < 1.29 is 0 Å². The molecule has 1 N–H and O–H groups in total. The van der Waals surface area contributed by atoms with Gasteiger partial charge in [0.2, 0.25) is 0 Å². The van der Waals surface area contributed by atoms with Gasteiger partial charge in [-0.2, -0.15) is 11.8 Å². The second kappa shape index (κ2) is 9.49. The van der Waals surface area contributed by atoms with Gasteiger partial charge in [-0.25, -0.2) is 0 Å². The standard InChI is InChI=1S/C12H28N2S/c1-11(2)10-13-7-6-12(3)14(4)8-9-15-5/h11-13H,6-10H2,1-5H3. The molecule has 0 bridgehead atoms. The molecule has 0 aliphatic carbocycles. The van der Waals surface area contributed by atoms with Crippen molar-refractivity contribution in [1.29, 1.82) is 0 Å². The molecule has 0 aliphatic heterocycles. The normalized spacial score (nSPS) is 13.8. The number of hydrogen-bond acceptors (Lipinski definition) is 3. The zero-order valence-electron chi connectivity index (χ0n) is 11.0. The van der Waals surface area contributed by atoms with Crippen molar-refractivity contribution in [3.05, 3.63) is 0 Å². The average molecular weight is 232 g/mol. The van der Waals surface area contributed by atoms with Gasteiger partial charge in [0.25, 0.3) is 0 Å². The first-order chi connectivity index (χ1) is 7.07. The number of nitrogens with one attached hydrogen (secondary N) is 1. The van der Waals surface area contributed by atoms with Crippen LogP contribution in [0.2, 0.25) is 0 Å². The molecule has 1 atom stereocenters. The van der Waals surface area contributed by atoms with Gasteiger partial charge >= 0.3 is 0 Å². The van der Waals surface area contributed by atoms with Crippen LogP contribution in [0.3, 0.4) is 0 Å². The zero-order chi connectivity index (χ0) is 11.7. The van der Waals surface area contributed by atoms with E-state index in [1.54, 1.807) is 0 Å². The Labute approximate surface area is 100 Å². The molecular weight excluding hydrogens is 204 g/mol. The Hall–Kier alpha value is 0.270. The van der Waals surface area contributed by atoms with Crippen LogP contribution in [0.1, 0.15) is 27.2 Å². The molecule has 1 unspecified atom stereocenters. The Morgan fingerprint density at radius 3 is 2.47 bits per heavy atom. The molecular formula is C12H28N2S. The van der Waals surface area contributed by atoms with Gasteiger partial charge in [-0.3, -0.25) is 0 Å². The van der Waals surface area contributed by atoms with E-state index in [1.165, 1.54) is 18.7 Å². The van der Waals surface area contributed by atoms with E-state index in [4.69, 9.17) is 0 Å². The van der Waals surface area contributed by atoms with Crippen molar-refractivity contribution in [1.82, 2.24) is 10.2 Å². The molecule has 15 heavy (non-hydrogen) atoms. The minimum atomic E-state index is 0.691. The molecule has 0 fully saturated rings. The summed E-state index contributed by atoms with van der Waals surface area (Å²) < 4.78 is 0. The Morgan fingerprint density at radius 2 is 1.93 bits per heavy atom. The van der Waals surface area contributed by atoms with E-state index in [1.807, 2.05) is 11.8 Å². The molecule has 0 aromatic carbocycles. The second-order valence-corrected chi connectivity index (χ2v) is 5.69. The maximum absolute atomic E-state index is 3.49. The summed E-state index contributed by atoms with van der Waals surface area (Å²) in [5.41, 5.74) is 0. The smallest absolute Gasteiger partial charge is 0.00763 e. The van der Waals surface area contributed by atoms with Crippen molar-refractivity contribution in [2.75, 3.05) is 38.7 Å². The first kappa shape index (κ1) is 15.3. The lowest BCUT2D eigenvalue weighted by molar-refractivity contribution is 0.258. The van der Waals surface area contributed by atoms with Gasteiger partial charge in [0, 0.05) is 18.3 Å². The van der Waals surface area contributed by atoms with E-state index < -0.39 is 0 Å². The van der Waals surface area contributed by atoms with E-state index >= 15 is 0 Å². The van der Waals surface area contributed by atoms with Crippen LogP contribution in [0, 0.1) is 5.92 Å². The fraction of sp³-hybridized carbons (Fsp3) is 1.00. The summed E-state index contributed by atoms with van der Waals surface area (Å²) in [5, 5.41) is 3.49. The number of thioether (sulfide) groups is 1. The fourth-order valence-corrected chi connectivity index (χ4v) is 1.85. The predicted octanol–water partition coefficient (Wildman–Crippen LogP) is 2.31. The highest BCUT2D eigenvalue weighted by molar-refractivity contribution is 7.98. The summed E-state index contributed by atoms with van der Waals surface area (Å²) in [5.74, 6) is 2.00. The molecule has 3 heteroatoms. The molecule has 0 rings (SSSR count). The van der Waals surface area contributed by atoms with Crippen molar-refractivity contribution in [2.24, 2.45) is 5.92 Å². The largest absolute Gasteiger partial charge is 0.316 e. The highest BCUT2D eigenvalue weighted by Gasteiger charge is 2.07. The average Bonchev–Trinajstić information content (AvgIpc) is 2.20. The minimum Gasteiger partial charge on any atom is -0.316 e. The van der Waals surface area contributed by atoms with Crippen molar-refractivity contribution in [3.8, 4) is 0 Å². The van der Waals surface area contributed by atoms with Gasteiger partial charge in [0.15, 0.2) is 0 Å². The van der Waals surface area contributed by atoms with E-state index in [-0.39, 0.29) is 0 Å². The molecule has 0 saturated heterocycles. The Bertz CT molecular complexity index is 140. The lowest BCUT2D eigenvalue weighted by Gasteiger charge is -2.24. The molecule has 0 amide bonds. The van der Waals surface area contributed by atoms with Gasteiger partial charge < -0.3 is 10.2 Å². The van der Waals surface area contributed by atoms with Crippen LogP contribution >= 0.6 is 11.8 Å². The van der Waals surface area contributed by atoms with Crippen LogP contribution in [0.25, 0.3) is 0 Å². The molecule has 0 aromatic rings. The first-order valence-electron chi connectivity index (χ1n) is 5.97. The van der Waals surface area contributed by atoms with Crippen molar-refractivity contribution in [2.45, 2.75) is 33.2 Å². The Morgan fingerprint density at radius 1 is 1.27 bits per heavy atom. The second-order valence-electron chi connectivity index (χ2n) is 4.71. The summed E-state index contributed by atoms with van der Waals surface area (Å²) in [4.78, 5) is 2.45. The number of rotatable bonds is 9. The summed E-state index contributed by atoms with van der Waals surface area (Å²) in [6.07, 6.45) is 3.42. The summed E-state index contributed by atoms with van der Waals surface area (Å²) in [6.45, 7) is 10.3. The van der Waals surface area contributed by atoms with E-state index in [0.717, 1.165) is 19.0 Å². The monoisotopic (exact) mass is 232 g/mol. The molecule has 0 aromatic heterocycles. The van der Waals surface area contributed by atoms with Crippen molar-refractivity contribution >= 4 is 11.8 Å². The predicted molar refractivity (Wildman–Crippen MR) is 72.8 cm³/mol. The minimum absolute atomic E-state index is 0.691. The molecule has 0 aliphatic rings. The van der Waals surface area contributed by atoms with Gasteiger partial charge in [0.1, 0.15) is 0 Å². The van der Waals surface area contributed by atoms with E-state index in [0.29, 0.717) is 6.04 Å². The summed E-state index contributed by atoms with van der Waals surface area (Å²) in [6, 6.07) is 0.691. The molecule has 92 valence electrons. The van der Waals surface area contributed by atoms with Gasteiger partial charge in [0.05, 0.1) is 0 Å². The van der Waals surface area contributed by atoms with Crippen LogP contribution in [-0.4, -0.2) is 49.6 Å². The number of nitrogens with zero attached hydrogens (tertiary/aromatic N) is 1. The SMILES string of the molecule is CSCCN(C)C(C)CCNCC(C)C. The highest BCUT2D eigenvalue weighted by Crippen LogP contribution is 2.02. The molecule has 0 heterocycles. The van der Waals surface area contributed by atoms with Crippen LogP contribution in [0.4, 0.5) is 0 Å². The third-order valence-electron chi connectivity index (χ3n) is 2.69. The van der Waals surface area contributed by atoms with E-state index in [9.17, 15) is 0 Å². The molecule has 2 nitrogen and oxygen atoms in total. The van der Waals surface area contributed by atoms with Crippen LogP contribution in [0.15, 0.2) is 0 Å². The third kappa shape index (κ3) is 9.21.